The number of carbonyl (C=O) groups is 2. The molecule has 6 heteroatoms. The van der Waals surface area contributed by atoms with Gasteiger partial charge in [-0.05, 0) is 31.5 Å². The summed E-state index contributed by atoms with van der Waals surface area (Å²) in [7, 11) is 1.88. The Morgan fingerprint density at radius 2 is 2.17 bits per heavy atom. The molecule has 1 unspecified atom stereocenters. The van der Waals surface area contributed by atoms with Crippen LogP contribution in [-0.2, 0) is 16.1 Å². The van der Waals surface area contributed by atoms with Crippen molar-refractivity contribution in [1.29, 1.82) is 0 Å². The van der Waals surface area contributed by atoms with Gasteiger partial charge in [-0.3, -0.25) is 14.5 Å². The summed E-state index contributed by atoms with van der Waals surface area (Å²) in [6.45, 7) is 4.77. The van der Waals surface area contributed by atoms with Gasteiger partial charge in [-0.1, -0.05) is 18.2 Å². The summed E-state index contributed by atoms with van der Waals surface area (Å²) in [5, 5.41) is 6.95. The number of benzene rings is 1. The molecule has 3 rings (SSSR count). The van der Waals surface area contributed by atoms with E-state index in [0.29, 0.717) is 13.1 Å². The molecule has 1 aliphatic heterocycles. The molecule has 0 spiro atoms. The summed E-state index contributed by atoms with van der Waals surface area (Å²) in [5.41, 5.74) is 2.35. The Morgan fingerprint density at radius 1 is 1.38 bits per heavy atom. The second kappa shape index (κ2) is 7.05. The molecule has 1 aromatic heterocycles. The molecular formula is C18H24N4O2. The molecule has 0 saturated carbocycles. The predicted octanol–water partition coefficient (Wildman–Crippen LogP) is 0.886. The molecule has 1 fully saturated rings. The summed E-state index contributed by atoms with van der Waals surface area (Å²) in [4.78, 5) is 25.9. The van der Waals surface area contributed by atoms with Crippen molar-refractivity contribution in [3.05, 3.63) is 36.0 Å². The molecule has 2 heterocycles. The second-order valence-electron chi connectivity index (χ2n) is 6.34. The highest BCUT2D eigenvalue weighted by atomic mass is 16.2. The number of fused-ring (bicyclic) bond motifs is 1. The maximum atomic E-state index is 12.2. The summed E-state index contributed by atoms with van der Waals surface area (Å²) in [6, 6.07) is 10.0. The van der Waals surface area contributed by atoms with E-state index in [0.717, 1.165) is 13.1 Å². The fourth-order valence-corrected chi connectivity index (χ4v) is 3.28. The largest absolute Gasteiger partial charge is 0.354 e. The van der Waals surface area contributed by atoms with Gasteiger partial charge in [0.15, 0.2) is 0 Å². The third kappa shape index (κ3) is 3.43. The van der Waals surface area contributed by atoms with Crippen LogP contribution in [0.25, 0.3) is 10.9 Å². The minimum Gasteiger partial charge on any atom is -0.354 e. The number of nitrogens with zero attached hydrogens (tertiary/aromatic N) is 2. The first-order valence-corrected chi connectivity index (χ1v) is 8.36. The Hall–Kier alpha value is -2.34. The van der Waals surface area contributed by atoms with Crippen LogP contribution >= 0.6 is 0 Å². The van der Waals surface area contributed by atoms with E-state index in [4.69, 9.17) is 0 Å². The first-order chi connectivity index (χ1) is 11.6. The second-order valence-corrected chi connectivity index (χ2v) is 6.34. The number of carbonyl (C=O) groups excluding carboxylic acids is 2. The average molecular weight is 328 g/mol. The van der Waals surface area contributed by atoms with Gasteiger partial charge in [0.2, 0.25) is 11.8 Å². The van der Waals surface area contributed by atoms with Gasteiger partial charge in [0.25, 0.3) is 0 Å². The van der Waals surface area contributed by atoms with Gasteiger partial charge in [0.1, 0.15) is 0 Å². The molecule has 24 heavy (non-hydrogen) atoms. The average Bonchev–Trinajstić information content (AvgIpc) is 2.87. The van der Waals surface area contributed by atoms with E-state index in [9.17, 15) is 9.59 Å². The van der Waals surface area contributed by atoms with E-state index in [1.54, 1.807) is 0 Å². The van der Waals surface area contributed by atoms with Crippen LogP contribution in [0.2, 0.25) is 0 Å². The summed E-state index contributed by atoms with van der Waals surface area (Å²) >= 11 is 0. The Kier molecular flexibility index (Phi) is 4.85. The Bertz CT molecular complexity index is 753. The maximum Gasteiger partial charge on any atom is 0.237 e. The van der Waals surface area contributed by atoms with Crippen LogP contribution in [0.3, 0.4) is 0 Å². The van der Waals surface area contributed by atoms with Gasteiger partial charge in [0.05, 0.1) is 12.5 Å². The predicted molar refractivity (Wildman–Crippen MR) is 93.7 cm³/mol. The van der Waals surface area contributed by atoms with Crippen molar-refractivity contribution in [3.8, 4) is 0 Å². The first-order valence-electron chi connectivity index (χ1n) is 8.36. The fraction of sp³-hybridized carbons (Fsp3) is 0.444. The number of amides is 2. The minimum atomic E-state index is -0.368. The third-order valence-electron chi connectivity index (χ3n) is 4.65. The Labute approximate surface area is 141 Å². The van der Waals surface area contributed by atoms with E-state index < -0.39 is 0 Å². The standard InChI is InChI=1S/C18H24N4O2/c1-13-11-14-5-3-4-6-15(14)22(13)10-8-19-17(23)12-16-18(24)20-7-9-21(16)2/h3-6,11,16H,7-10,12H2,1-2H3,(H,19,23)(H,20,24). The van der Waals surface area contributed by atoms with E-state index in [1.165, 1.54) is 16.6 Å². The van der Waals surface area contributed by atoms with Crippen LogP contribution in [0.15, 0.2) is 30.3 Å². The topological polar surface area (TPSA) is 66.4 Å². The third-order valence-corrected chi connectivity index (χ3v) is 4.65. The SMILES string of the molecule is Cc1cc2ccccc2n1CCNC(=O)CC1C(=O)NCCN1C. The highest BCUT2D eigenvalue weighted by Crippen LogP contribution is 2.18. The van der Waals surface area contributed by atoms with E-state index in [1.807, 2.05) is 24.1 Å². The van der Waals surface area contributed by atoms with Gasteiger partial charge in [-0.25, -0.2) is 0 Å². The van der Waals surface area contributed by atoms with E-state index in [2.05, 4.69) is 40.3 Å². The van der Waals surface area contributed by atoms with Crippen LogP contribution in [0, 0.1) is 6.92 Å². The zero-order valence-electron chi connectivity index (χ0n) is 14.2. The molecular weight excluding hydrogens is 304 g/mol. The Morgan fingerprint density at radius 3 is 2.96 bits per heavy atom. The normalized spacial score (nSPS) is 18.6. The molecule has 2 amide bonds. The number of aryl methyl sites for hydroxylation is 1. The lowest BCUT2D eigenvalue weighted by Gasteiger charge is -2.31. The van der Waals surface area contributed by atoms with Gasteiger partial charge in [-0.15, -0.1) is 0 Å². The lowest BCUT2D eigenvalue weighted by Crippen LogP contribution is -2.55. The quantitative estimate of drug-likeness (QED) is 0.856. The number of nitrogens with one attached hydrogen (secondary N) is 2. The molecule has 1 aromatic carbocycles. The van der Waals surface area contributed by atoms with Crippen molar-refractivity contribution in [1.82, 2.24) is 20.1 Å². The molecule has 2 aromatic rings. The van der Waals surface area contributed by atoms with Crippen molar-refractivity contribution in [2.24, 2.45) is 0 Å². The lowest BCUT2D eigenvalue weighted by atomic mass is 10.1. The molecule has 1 atom stereocenters. The van der Waals surface area contributed by atoms with E-state index in [-0.39, 0.29) is 24.3 Å². The van der Waals surface area contributed by atoms with Gasteiger partial charge in [-0.2, -0.15) is 0 Å². The minimum absolute atomic E-state index is 0.0638. The molecule has 1 aliphatic rings. The highest BCUT2D eigenvalue weighted by Gasteiger charge is 2.28. The smallest absolute Gasteiger partial charge is 0.237 e. The molecule has 128 valence electrons. The van der Waals surface area contributed by atoms with Gasteiger partial charge >= 0.3 is 0 Å². The molecule has 6 nitrogen and oxygen atoms in total. The van der Waals surface area contributed by atoms with Gasteiger partial charge in [0, 0.05) is 37.4 Å². The van der Waals surface area contributed by atoms with Crippen molar-refractivity contribution < 1.29 is 9.59 Å². The van der Waals surface area contributed by atoms with Gasteiger partial charge < -0.3 is 15.2 Å². The van der Waals surface area contributed by atoms with Crippen molar-refractivity contribution in [3.63, 3.8) is 0 Å². The first kappa shape index (κ1) is 16.5. The number of hydrogen-bond donors (Lipinski definition) is 2. The summed E-state index contributed by atoms with van der Waals surface area (Å²) < 4.78 is 2.20. The van der Waals surface area contributed by atoms with Crippen molar-refractivity contribution in [2.75, 3.05) is 26.7 Å². The number of hydrogen-bond acceptors (Lipinski definition) is 3. The number of para-hydroxylation sites is 1. The Balaban J connectivity index is 1.55. The highest BCUT2D eigenvalue weighted by molar-refractivity contribution is 5.88. The number of rotatable bonds is 5. The molecule has 0 radical (unpaired) electrons. The van der Waals surface area contributed by atoms with Crippen LogP contribution in [0.4, 0.5) is 0 Å². The van der Waals surface area contributed by atoms with Crippen LogP contribution < -0.4 is 10.6 Å². The summed E-state index contributed by atoms with van der Waals surface area (Å²) in [5.74, 6) is -0.149. The van der Waals surface area contributed by atoms with Crippen LogP contribution in [-0.4, -0.2) is 54.0 Å². The molecule has 2 N–H and O–H groups in total. The van der Waals surface area contributed by atoms with Crippen molar-refractivity contribution in [2.45, 2.75) is 25.9 Å². The lowest BCUT2D eigenvalue weighted by molar-refractivity contribution is -0.133. The van der Waals surface area contributed by atoms with Crippen LogP contribution in [0.1, 0.15) is 12.1 Å². The monoisotopic (exact) mass is 328 g/mol. The zero-order chi connectivity index (χ0) is 17.1. The number of piperazine rings is 1. The fourth-order valence-electron chi connectivity index (χ4n) is 3.28. The number of aromatic nitrogens is 1. The molecule has 0 bridgehead atoms. The maximum absolute atomic E-state index is 12.2. The van der Waals surface area contributed by atoms with Crippen LogP contribution in [0.5, 0.6) is 0 Å². The zero-order valence-corrected chi connectivity index (χ0v) is 14.2. The summed E-state index contributed by atoms with van der Waals surface area (Å²) in [6.07, 6.45) is 0.202. The molecule has 0 aliphatic carbocycles. The molecule has 1 saturated heterocycles. The van der Waals surface area contributed by atoms with Crippen molar-refractivity contribution >= 4 is 22.7 Å². The number of likely N-dealkylation sites (N-methyl/N-ethyl adjacent to an activating group) is 1. The van der Waals surface area contributed by atoms with E-state index >= 15 is 0 Å².